The Morgan fingerprint density at radius 2 is 1.88 bits per heavy atom. The Morgan fingerprint density at radius 1 is 1.04 bits per heavy atom. The summed E-state index contributed by atoms with van der Waals surface area (Å²) in [6.45, 7) is 6.20. The van der Waals surface area contributed by atoms with Gasteiger partial charge in [0.2, 0.25) is 11.8 Å². The van der Waals surface area contributed by atoms with Crippen LogP contribution in [0, 0.1) is 20.8 Å². The van der Waals surface area contributed by atoms with E-state index in [0.29, 0.717) is 17.3 Å². The molecule has 1 N–H and O–H groups in total. The third kappa shape index (κ3) is 3.51. The van der Waals surface area contributed by atoms with Crippen molar-refractivity contribution in [1.29, 1.82) is 0 Å². The van der Waals surface area contributed by atoms with Crippen LogP contribution in [0.5, 0.6) is 0 Å². The average molecular weight is 321 g/mol. The van der Waals surface area contributed by atoms with Gasteiger partial charge in [0.25, 0.3) is 5.91 Å². The van der Waals surface area contributed by atoms with Gasteiger partial charge in [0, 0.05) is 11.1 Å². The molecule has 0 bridgehead atoms. The van der Waals surface area contributed by atoms with Crippen LogP contribution in [-0.2, 0) is 6.54 Å². The second-order valence-corrected chi connectivity index (χ2v) is 5.85. The van der Waals surface area contributed by atoms with Gasteiger partial charge < -0.3 is 9.73 Å². The molecule has 0 atom stereocenters. The van der Waals surface area contributed by atoms with Crippen molar-refractivity contribution in [2.24, 2.45) is 0 Å². The SMILES string of the molecule is Cc1cccc(-c2nnc(CNC(=O)c3ccc(C)c(C)c3)o2)c1. The Bertz CT molecular complexity index is 884. The van der Waals surface area contributed by atoms with Crippen LogP contribution in [0.25, 0.3) is 11.5 Å². The van der Waals surface area contributed by atoms with Crippen molar-refractivity contribution in [2.75, 3.05) is 0 Å². The van der Waals surface area contributed by atoms with E-state index in [2.05, 4.69) is 15.5 Å². The molecule has 0 fully saturated rings. The fourth-order valence-electron chi connectivity index (χ4n) is 2.36. The molecule has 0 radical (unpaired) electrons. The molecule has 2 aromatic carbocycles. The van der Waals surface area contributed by atoms with Crippen LogP contribution in [0.3, 0.4) is 0 Å². The van der Waals surface area contributed by atoms with Gasteiger partial charge in [-0.1, -0.05) is 23.8 Å². The molecular weight excluding hydrogens is 302 g/mol. The van der Waals surface area contributed by atoms with Gasteiger partial charge in [-0.15, -0.1) is 10.2 Å². The second-order valence-electron chi connectivity index (χ2n) is 5.85. The molecule has 0 unspecified atom stereocenters. The fourth-order valence-corrected chi connectivity index (χ4v) is 2.36. The van der Waals surface area contributed by atoms with E-state index in [1.165, 1.54) is 0 Å². The number of hydrogen-bond donors (Lipinski definition) is 1. The van der Waals surface area contributed by atoms with Gasteiger partial charge in [-0.2, -0.15) is 0 Å². The maximum atomic E-state index is 12.2. The highest BCUT2D eigenvalue weighted by Crippen LogP contribution is 2.18. The Balaban J connectivity index is 1.67. The Hall–Kier alpha value is -2.95. The normalized spacial score (nSPS) is 10.6. The zero-order chi connectivity index (χ0) is 17.1. The predicted octanol–water partition coefficient (Wildman–Crippen LogP) is 3.59. The van der Waals surface area contributed by atoms with E-state index in [0.717, 1.165) is 22.3 Å². The maximum absolute atomic E-state index is 12.2. The third-order valence-corrected chi connectivity index (χ3v) is 3.90. The number of aromatic nitrogens is 2. The zero-order valence-electron chi connectivity index (χ0n) is 14.0. The lowest BCUT2D eigenvalue weighted by Crippen LogP contribution is -2.23. The van der Waals surface area contributed by atoms with Gasteiger partial charge in [-0.3, -0.25) is 4.79 Å². The quantitative estimate of drug-likeness (QED) is 0.797. The third-order valence-electron chi connectivity index (χ3n) is 3.90. The number of amides is 1. The molecule has 5 heteroatoms. The Morgan fingerprint density at radius 3 is 2.62 bits per heavy atom. The number of aryl methyl sites for hydroxylation is 3. The first-order valence-corrected chi connectivity index (χ1v) is 7.78. The molecule has 0 saturated heterocycles. The highest BCUT2D eigenvalue weighted by molar-refractivity contribution is 5.94. The van der Waals surface area contributed by atoms with Crippen LogP contribution >= 0.6 is 0 Å². The minimum absolute atomic E-state index is 0.159. The summed E-state index contributed by atoms with van der Waals surface area (Å²) in [6, 6.07) is 13.5. The number of rotatable bonds is 4. The van der Waals surface area contributed by atoms with Gasteiger partial charge >= 0.3 is 0 Å². The maximum Gasteiger partial charge on any atom is 0.251 e. The van der Waals surface area contributed by atoms with Gasteiger partial charge in [0.15, 0.2) is 0 Å². The molecule has 0 saturated carbocycles. The van der Waals surface area contributed by atoms with Crippen LogP contribution < -0.4 is 5.32 Å². The van der Waals surface area contributed by atoms with Crippen LogP contribution in [0.15, 0.2) is 46.9 Å². The van der Waals surface area contributed by atoms with Gasteiger partial charge in [0.1, 0.15) is 0 Å². The molecule has 122 valence electrons. The fraction of sp³-hybridized carbons (Fsp3) is 0.211. The highest BCUT2D eigenvalue weighted by atomic mass is 16.4. The summed E-state index contributed by atoms with van der Waals surface area (Å²) >= 11 is 0. The summed E-state index contributed by atoms with van der Waals surface area (Å²) in [5.74, 6) is 0.672. The monoisotopic (exact) mass is 321 g/mol. The van der Waals surface area contributed by atoms with E-state index < -0.39 is 0 Å². The summed E-state index contributed by atoms with van der Waals surface area (Å²) in [4.78, 5) is 12.2. The first kappa shape index (κ1) is 15.9. The minimum Gasteiger partial charge on any atom is -0.419 e. The number of carbonyl (C=O) groups is 1. The number of hydrogen-bond acceptors (Lipinski definition) is 4. The summed E-state index contributed by atoms with van der Waals surface area (Å²) in [5.41, 5.74) is 4.86. The zero-order valence-corrected chi connectivity index (χ0v) is 14.0. The minimum atomic E-state index is -0.159. The van der Waals surface area contributed by atoms with Gasteiger partial charge in [0.05, 0.1) is 6.54 Å². The first-order valence-electron chi connectivity index (χ1n) is 7.78. The van der Waals surface area contributed by atoms with Crippen molar-refractivity contribution < 1.29 is 9.21 Å². The molecule has 3 aromatic rings. The Labute approximate surface area is 140 Å². The van der Waals surface area contributed by atoms with E-state index in [9.17, 15) is 4.79 Å². The highest BCUT2D eigenvalue weighted by Gasteiger charge is 2.11. The molecule has 3 rings (SSSR count). The smallest absolute Gasteiger partial charge is 0.251 e. The number of nitrogens with one attached hydrogen (secondary N) is 1. The lowest BCUT2D eigenvalue weighted by atomic mass is 10.1. The number of nitrogens with zero attached hydrogens (tertiary/aromatic N) is 2. The molecule has 1 heterocycles. The van der Waals surface area contributed by atoms with Crippen molar-refractivity contribution in [1.82, 2.24) is 15.5 Å². The van der Waals surface area contributed by atoms with Crippen molar-refractivity contribution >= 4 is 5.91 Å². The molecule has 0 aliphatic heterocycles. The van der Waals surface area contributed by atoms with Crippen LogP contribution in [-0.4, -0.2) is 16.1 Å². The first-order chi connectivity index (χ1) is 11.5. The van der Waals surface area contributed by atoms with Crippen molar-refractivity contribution in [3.8, 4) is 11.5 Å². The predicted molar refractivity (Wildman–Crippen MR) is 91.6 cm³/mol. The topological polar surface area (TPSA) is 68.0 Å². The van der Waals surface area contributed by atoms with Crippen LogP contribution in [0.1, 0.15) is 32.9 Å². The standard InChI is InChI=1S/C19H19N3O2/c1-12-5-4-6-16(9-12)19-22-21-17(24-19)11-20-18(23)15-8-7-13(2)14(3)10-15/h4-10H,11H2,1-3H3,(H,20,23). The van der Waals surface area contributed by atoms with Crippen molar-refractivity contribution in [3.05, 3.63) is 70.6 Å². The number of carbonyl (C=O) groups excluding carboxylic acids is 1. The van der Waals surface area contributed by atoms with Gasteiger partial charge in [-0.25, -0.2) is 0 Å². The van der Waals surface area contributed by atoms with E-state index in [1.807, 2.05) is 63.2 Å². The molecule has 0 aliphatic rings. The molecule has 0 spiro atoms. The van der Waals surface area contributed by atoms with E-state index in [-0.39, 0.29) is 12.5 Å². The molecule has 1 aromatic heterocycles. The molecule has 5 nitrogen and oxygen atoms in total. The van der Waals surface area contributed by atoms with Crippen LogP contribution in [0.2, 0.25) is 0 Å². The van der Waals surface area contributed by atoms with Crippen molar-refractivity contribution in [3.63, 3.8) is 0 Å². The Kier molecular flexibility index (Phi) is 4.42. The van der Waals surface area contributed by atoms with Crippen LogP contribution in [0.4, 0.5) is 0 Å². The molecule has 1 amide bonds. The summed E-state index contributed by atoms with van der Waals surface area (Å²) in [6.07, 6.45) is 0. The second kappa shape index (κ2) is 6.66. The largest absolute Gasteiger partial charge is 0.419 e. The average Bonchev–Trinajstić information content (AvgIpc) is 3.04. The summed E-state index contributed by atoms with van der Waals surface area (Å²) in [5, 5.41) is 10.8. The van der Waals surface area contributed by atoms with Gasteiger partial charge in [-0.05, 0) is 56.2 Å². The van der Waals surface area contributed by atoms with E-state index >= 15 is 0 Å². The summed E-state index contributed by atoms with van der Waals surface area (Å²) < 4.78 is 5.62. The molecule has 0 aliphatic carbocycles. The van der Waals surface area contributed by atoms with Crippen molar-refractivity contribution in [2.45, 2.75) is 27.3 Å². The lowest BCUT2D eigenvalue weighted by Gasteiger charge is -2.05. The number of benzene rings is 2. The molecule has 24 heavy (non-hydrogen) atoms. The van der Waals surface area contributed by atoms with E-state index in [1.54, 1.807) is 0 Å². The van der Waals surface area contributed by atoms with E-state index in [4.69, 9.17) is 4.42 Å². The molecular formula is C19H19N3O2. The lowest BCUT2D eigenvalue weighted by molar-refractivity contribution is 0.0947. The summed E-state index contributed by atoms with van der Waals surface area (Å²) in [7, 11) is 0.